The smallest absolute Gasteiger partial charge is 0.0491 e. The first-order valence-electron chi connectivity index (χ1n) is 7.67. The van der Waals surface area contributed by atoms with Crippen molar-refractivity contribution in [1.29, 1.82) is 0 Å². The number of piperidine rings is 1. The SMILES string of the molecule is COCC1CCN(CCCCCNC(C)C)CC1. The van der Waals surface area contributed by atoms with Gasteiger partial charge >= 0.3 is 0 Å². The highest BCUT2D eigenvalue weighted by molar-refractivity contribution is 4.71. The molecule has 3 heteroatoms. The van der Waals surface area contributed by atoms with Crippen LogP contribution in [0.3, 0.4) is 0 Å². The van der Waals surface area contributed by atoms with Crippen LogP contribution in [0.4, 0.5) is 0 Å². The van der Waals surface area contributed by atoms with Crippen molar-refractivity contribution in [2.75, 3.05) is 39.9 Å². The fourth-order valence-electron chi connectivity index (χ4n) is 2.64. The maximum atomic E-state index is 5.24. The third-order valence-corrected chi connectivity index (χ3v) is 3.81. The Hall–Kier alpha value is -0.120. The second kappa shape index (κ2) is 9.76. The van der Waals surface area contributed by atoms with E-state index in [0.29, 0.717) is 6.04 Å². The Morgan fingerprint density at radius 3 is 2.50 bits per heavy atom. The van der Waals surface area contributed by atoms with Crippen LogP contribution in [0.15, 0.2) is 0 Å². The number of ether oxygens (including phenoxy) is 1. The molecule has 0 aromatic carbocycles. The molecule has 1 heterocycles. The van der Waals surface area contributed by atoms with E-state index in [1.165, 1.54) is 58.3 Å². The van der Waals surface area contributed by atoms with Gasteiger partial charge in [0.2, 0.25) is 0 Å². The van der Waals surface area contributed by atoms with E-state index in [0.717, 1.165) is 12.5 Å². The minimum atomic E-state index is 0.629. The number of hydrogen-bond donors (Lipinski definition) is 1. The minimum absolute atomic E-state index is 0.629. The van der Waals surface area contributed by atoms with Crippen molar-refractivity contribution in [1.82, 2.24) is 10.2 Å². The second-order valence-corrected chi connectivity index (χ2v) is 5.91. The van der Waals surface area contributed by atoms with E-state index in [2.05, 4.69) is 24.1 Å². The standard InChI is InChI=1S/C15H32N2O/c1-14(2)16-9-5-4-6-10-17-11-7-15(8-12-17)13-18-3/h14-16H,4-13H2,1-3H3. The average Bonchev–Trinajstić information content (AvgIpc) is 2.35. The first-order chi connectivity index (χ1) is 8.72. The van der Waals surface area contributed by atoms with Gasteiger partial charge in [0.15, 0.2) is 0 Å². The van der Waals surface area contributed by atoms with Gasteiger partial charge in [0.1, 0.15) is 0 Å². The van der Waals surface area contributed by atoms with Crippen LogP contribution >= 0.6 is 0 Å². The van der Waals surface area contributed by atoms with Crippen LogP contribution in [0.1, 0.15) is 46.0 Å². The predicted molar refractivity (Wildman–Crippen MR) is 78.0 cm³/mol. The second-order valence-electron chi connectivity index (χ2n) is 5.91. The predicted octanol–water partition coefficient (Wildman–Crippen LogP) is 2.51. The zero-order valence-electron chi connectivity index (χ0n) is 12.6. The summed E-state index contributed by atoms with van der Waals surface area (Å²) in [5.41, 5.74) is 0. The van der Waals surface area contributed by atoms with Crippen molar-refractivity contribution >= 4 is 0 Å². The van der Waals surface area contributed by atoms with Crippen molar-refractivity contribution < 1.29 is 4.74 Å². The van der Waals surface area contributed by atoms with Gasteiger partial charge in [0, 0.05) is 19.8 Å². The molecule has 0 aromatic heterocycles. The van der Waals surface area contributed by atoms with Gasteiger partial charge in [-0.25, -0.2) is 0 Å². The Balaban J connectivity index is 1.91. The largest absolute Gasteiger partial charge is 0.384 e. The van der Waals surface area contributed by atoms with E-state index in [1.54, 1.807) is 0 Å². The van der Waals surface area contributed by atoms with Crippen LogP contribution in [0.2, 0.25) is 0 Å². The van der Waals surface area contributed by atoms with E-state index in [4.69, 9.17) is 4.74 Å². The third-order valence-electron chi connectivity index (χ3n) is 3.81. The Morgan fingerprint density at radius 2 is 1.89 bits per heavy atom. The van der Waals surface area contributed by atoms with E-state index in [1.807, 2.05) is 7.11 Å². The average molecular weight is 256 g/mol. The molecule has 0 bridgehead atoms. The highest BCUT2D eigenvalue weighted by Gasteiger charge is 2.18. The molecule has 0 atom stereocenters. The molecule has 1 aliphatic heterocycles. The molecule has 1 rings (SSSR count). The van der Waals surface area contributed by atoms with E-state index in [9.17, 15) is 0 Å². The van der Waals surface area contributed by atoms with Crippen LogP contribution < -0.4 is 5.32 Å². The molecular formula is C15H32N2O. The molecule has 1 fully saturated rings. The number of likely N-dealkylation sites (tertiary alicyclic amines) is 1. The highest BCUT2D eigenvalue weighted by atomic mass is 16.5. The van der Waals surface area contributed by atoms with Crippen molar-refractivity contribution in [2.45, 2.75) is 52.0 Å². The number of rotatable bonds is 9. The van der Waals surface area contributed by atoms with Gasteiger partial charge in [-0.05, 0) is 57.8 Å². The lowest BCUT2D eigenvalue weighted by Crippen LogP contribution is -2.35. The first kappa shape index (κ1) is 15.9. The summed E-state index contributed by atoms with van der Waals surface area (Å²) in [6, 6.07) is 0.629. The van der Waals surface area contributed by atoms with Gasteiger partial charge in [-0.15, -0.1) is 0 Å². The van der Waals surface area contributed by atoms with E-state index in [-0.39, 0.29) is 0 Å². The molecule has 1 N–H and O–H groups in total. The van der Waals surface area contributed by atoms with Crippen LogP contribution in [-0.2, 0) is 4.74 Å². The third kappa shape index (κ3) is 7.34. The number of nitrogens with one attached hydrogen (secondary N) is 1. The van der Waals surface area contributed by atoms with Crippen LogP contribution in [-0.4, -0.2) is 50.8 Å². The molecule has 1 aliphatic rings. The molecule has 18 heavy (non-hydrogen) atoms. The normalized spacial score (nSPS) is 18.7. The highest BCUT2D eigenvalue weighted by Crippen LogP contribution is 2.17. The van der Waals surface area contributed by atoms with Gasteiger partial charge in [-0.3, -0.25) is 0 Å². The zero-order chi connectivity index (χ0) is 13.2. The lowest BCUT2D eigenvalue weighted by Gasteiger charge is -2.31. The van der Waals surface area contributed by atoms with Crippen LogP contribution in [0, 0.1) is 5.92 Å². The van der Waals surface area contributed by atoms with Gasteiger partial charge < -0.3 is 15.0 Å². The summed E-state index contributed by atoms with van der Waals surface area (Å²) in [5, 5.41) is 3.48. The van der Waals surface area contributed by atoms with Crippen molar-refractivity contribution in [2.24, 2.45) is 5.92 Å². The van der Waals surface area contributed by atoms with Gasteiger partial charge in [0.05, 0.1) is 0 Å². The molecule has 3 nitrogen and oxygen atoms in total. The summed E-state index contributed by atoms with van der Waals surface area (Å²) >= 11 is 0. The number of nitrogens with zero attached hydrogens (tertiary/aromatic N) is 1. The molecule has 0 spiro atoms. The van der Waals surface area contributed by atoms with Gasteiger partial charge in [-0.2, -0.15) is 0 Å². The van der Waals surface area contributed by atoms with Crippen LogP contribution in [0.25, 0.3) is 0 Å². The first-order valence-corrected chi connectivity index (χ1v) is 7.67. The number of unbranched alkanes of at least 4 members (excludes halogenated alkanes) is 2. The van der Waals surface area contributed by atoms with Crippen molar-refractivity contribution in [3.63, 3.8) is 0 Å². The summed E-state index contributed by atoms with van der Waals surface area (Å²) in [6.45, 7) is 10.4. The lowest BCUT2D eigenvalue weighted by molar-refractivity contribution is 0.0988. The Bertz CT molecular complexity index is 189. The fourth-order valence-corrected chi connectivity index (χ4v) is 2.64. The summed E-state index contributed by atoms with van der Waals surface area (Å²) in [6.07, 6.45) is 6.68. The quantitative estimate of drug-likeness (QED) is 0.642. The number of hydrogen-bond acceptors (Lipinski definition) is 3. The lowest BCUT2D eigenvalue weighted by atomic mass is 9.97. The molecule has 0 unspecified atom stereocenters. The van der Waals surface area contributed by atoms with Crippen LogP contribution in [0.5, 0.6) is 0 Å². The summed E-state index contributed by atoms with van der Waals surface area (Å²) in [7, 11) is 1.82. The maximum absolute atomic E-state index is 5.24. The molecule has 0 aliphatic carbocycles. The topological polar surface area (TPSA) is 24.5 Å². The Labute approximate surface area is 113 Å². The molecule has 0 radical (unpaired) electrons. The summed E-state index contributed by atoms with van der Waals surface area (Å²) < 4.78 is 5.24. The van der Waals surface area contributed by atoms with E-state index >= 15 is 0 Å². The van der Waals surface area contributed by atoms with Crippen molar-refractivity contribution in [3.05, 3.63) is 0 Å². The zero-order valence-corrected chi connectivity index (χ0v) is 12.6. The summed E-state index contributed by atoms with van der Waals surface area (Å²) in [5.74, 6) is 0.807. The molecule has 0 saturated carbocycles. The summed E-state index contributed by atoms with van der Waals surface area (Å²) in [4.78, 5) is 2.63. The fraction of sp³-hybridized carbons (Fsp3) is 1.00. The molecule has 108 valence electrons. The molecule has 0 aromatic rings. The Morgan fingerprint density at radius 1 is 1.17 bits per heavy atom. The van der Waals surface area contributed by atoms with Gasteiger partial charge in [-0.1, -0.05) is 20.3 Å². The molecule has 0 amide bonds. The molecule has 1 saturated heterocycles. The maximum Gasteiger partial charge on any atom is 0.0491 e. The van der Waals surface area contributed by atoms with Crippen molar-refractivity contribution in [3.8, 4) is 0 Å². The van der Waals surface area contributed by atoms with Gasteiger partial charge in [0.25, 0.3) is 0 Å². The Kier molecular flexibility index (Phi) is 8.64. The molecular weight excluding hydrogens is 224 g/mol. The monoisotopic (exact) mass is 256 g/mol. The minimum Gasteiger partial charge on any atom is -0.384 e. The van der Waals surface area contributed by atoms with E-state index < -0.39 is 0 Å². The number of methoxy groups -OCH3 is 1.